The lowest BCUT2D eigenvalue weighted by Gasteiger charge is -2.39. The maximum atomic E-state index is 5.50. The number of nitrogens with one attached hydrogen (secondary N) is 1. The van der Waals surface area contributed by atoms with E-state index in [1.165, 1.54) is 16.7 Å². The molecule has 0 fully saturated rings. The first kappa shape index (κ1) is 15.9. The SMILES string of the molecule is COc1cc2c(cc1OC)C(Cc1ccccc1)NC(C)(C)C2. The van der Waals surface area contributed by atoms with Gasteiger partial charge in [-0.2, -0.15) is 0 Å². The molecule has 1 atom stereocenters. The highest BCUT2D eigenvalue weighted by Gasteiger charge is 2.32. The van der Waals surface area contributed by atoms with E-state index in [4.69, 9.17) is 9.47 Å². The van der Waals surface area contributed by atoms with Gasteiger partial charge in [0.2, 0.25) is 0 Å². The van der Waals surface area contributed by atoms with E-state index < -0.39 is 0 Å². The van der Waals surface area contributed by atoms with Crippen LogP contribution in [0.25, 0.3) is 0 Å². The number of hydrogen-bond donors (Lipinski definition) is 1. The van der Waals surface area contributed by atoms with Crippen molar-refractivity contribution in [2.45, 2.75) is 38.3 Å². The minimum absolute atomic E-state index is 0.0616. The van der Waals surface area contributed by atoms with Crippen molar-refractivity contribution in [1.82, 2.24) is 5.32 Å². The van der Waals surface area contributed by atoms with Gasteiger partial charge in [-0.1, -0.05) is 30.3 Å². The molecule has 0 aliphatic carbocycles. The van der Waals surface area contributed by atoms with Gasteiger partial charge in [-0.05, 0) is 55.5 Å². The number of benzene rings is 2. The molecule has 3 rings (SSSR count). The van der Waals surface area contributed by atoms with Crippen LogP contribution < -0.4 is 14.8 Å². The normalized spacial score (nSPS) is 19.0. The second-order valence-electron chi connectivity index (χ2n) is 6.85. The van der Waals surface area contributed by atoms with Crippen molar-refractivity contribution >= 4 is 0 Å². The maximum absolute atomic E-state index is 5.50. The lowest BCUT2D eigenvalue weighted by Crippen LogP contribution is -2.48. The van der Waals surface area contributed by atoms with Gasteiger partial charge in [-0.25, -0.2) is 0 Å². The van der Waals surface area contributed by atoms with E-state index >= 15 is 0 Å². The highest BCUT2D eigenvalue weighted by atomic mass is 16.5. The molecule has 0 aromatic heterocycles. The van der Waals surface area contributed by atoms with Crippen LogP contribution in [-0.2, 0) is 12.8 Å². The van der Waals surface area contributed by atoms with Gasteiger partial charge in [0.25, 0.3) is 0 Å². The number of ether oxygens (including phenoxy) is 2. The van der Waals surface area contributed by atoms with Crippen LogP contribution in [0.2, 0.25) is 0 Å². The van der Waals surface area contributed by atoms with Gasteiger partial charge in [0, 0.05) is 11.6 Å². The van der Waals surface area contributed by atoms with Crippen LogP contribution >= 0.6 is 0 Å². The van der Waals surface area contributed by atoms with Gasteiger partial charge in [0.15, 0.2) is 11.5 Å². The summed E-state index contributed by atoms with van der Waals surface area (Å²) in [5.41, 5.74) is 4.05. The van der Waals surface area contributed by atoms with Crippen LogP contribution in [0, 0.1) is 0 Å². The van der Waals surface area contributed by atoms with Crippen molar-refractivity contribution in [3.8, 4) is 11.5 Å². The average molecular weight is 311 g/mol. The Bertz CT molecular complexity index is 680. The van der Waals surface area contributed by atoms with E-state index in [-0.39, 0.29) is 11.6 Å². The van der Waals surface area contributed by atoms with Gasteiger partial charge in [0.05, 0.1) is 14.2 Å². The molecule has 2 aromatic rings. The molecule has 3 heteroatoms. The minimum atomic E-state index is 0.0616. The second-order valence-corrected chi connectivity index (χ2v) is 6.85. The molecule has 122 valence electrons. The quantitative estimate of drug-likeness (QED) is 0.928. The summed E-state index contributed by atoms with van der Waals surface area (Å²) in [6.45, 7) is 4.51. The van der Waals surface area contributed by atoms with Crippen LogP contribution in [0.3, 0.4) is 0 Å². The molecule has 1 aliphatic rings. The average Bonchev–Trinajstić information content (AvgIpc) is 2.53. The Morgan fingerprint density at radius 3 is 2.35 bits per heavy atom. The van der Waals surface area contributed by atoms with Gasteiger partial charge in [-0.15, -0.1) is 0 Å². The zero-order chi connectivity index (χ0) is 16.4. The third-order valence-electron chi connectivity index (χ3n) is 4.50. The number of methoxy groups -OCH3 is 2. The molecule has 0 spiro atoms. The Kier molecular flexibility index (Phi) is 4.31. The molecule has 2 aromatic carbocycles. The smallest absolute Gasteiger partial charge is 0.161 e. The standard InChI is InChI=1S/C20H25NO2/c1-20(2)13-15-11-18(22-3)19(23-4)12-16(15)17(21-20)10-14-8-6-5-7-9-14/h5-9,11-12,17,21H,10,13H2,1-4H3. The fourth-order valence-electron chi connectivity index (χ4n) is 3.50. The summed E-state index contributed by atoms with van der Waals surface area (Å²) in [4.78, 5) is 0. The summed E-state index contributed by atoms with van der Waals surface area (Å²) in [5.74, 6) is 1.60. The Hall–Kier alpha value is -2.00. The summed E-state index contributed by atoms with van der Waals surface area (Å²) in [6.07, 6.45) is 1.95. The first-order valence-electron chi connectivity index (χ1n) is 8.09. The van der Waals surface area contributed by atoms with Crippen molar-refractivity contribution in [2.75, 3.05) is 14.2 Å². The van der Waals surface area contributed by atoms with Crippen molar-refractivity contribution in [1.29, 1.82) is 0 Å². The molecule has 0 radical (unpaired) electrons. The van der Waals surface area contributed by atoms with E-state index in [9.17, 15) is 0 Å². The van der Waals surface area contributed by atoms with E-state index in [2.05, 4.69) is 61.6 Å². The lowest BCUT2D eigenvalue weighted by atomic mass is 9.81. The topological polar surface area (TPSA) is 30.5 Å². The highest BCUT2D eigenvalue weighted by Crippen LogP contribution is 2.39. The first-order valence-corrected chi connectivity index (χ1v) is 8.09. The van der Waals surface area contributed by atoms with Gasteiger partial charge >= 0.3 is 0 Å². The molecule has 23 heavy (non-hydrogen) atoms. The second kappa shape index (κ2) is 6.25. The van der Waals surface area contributed by atoms with Crippen LogP contribution in [0.15, 0.2) is 42.5 Å². The molecule has 0 saturated heterocycles. The minimum Gasteiger partial charge on any atom is -0.493 e. The third-order valence-corrected chi connectivity index (χ3v) is 4.50. The number of rotatable bonds is 4. The molecule has 1 unspecified atom stereocenters. The summed E-state index contributed by atoms with van der Waals surface area (Å²) in [6, 6.07) is 15.2. The van der Waals surface area contributed by atoms with Crippen LogP contribution in [0.1, 0.15) is 36.6 Å². The van der Waals surface area contributed by atoms with Crippen molar-refractivity contribution in [2.24, 2.45) is 0 Å². The predicted octanol–water partition coefficient (Wildman–Crippen LogP) is 3.91. The fourth-order valence-corrected chi connectivity index (χ4v) is 3.50. The molecular weight excluding hydrogens is 286 g/mol. The number of hydrogen-bond acceptors (Lipinski definition) is 3. The van der Waals surface area contributed by atoms with Gasteiger partial charge in [0.1, 0.15) is 0 Å². The van der Waals surface area contributed by atoms with E-state index in [1.807, 2.05) is 0 Å². The van der Waals surface area contributed by atoms with Gasteiger partial charge < -0.3 is 14.8 Å². The Morgan fingerprint density at radius 1 is 1.04 bits per heavy atom. The molecule has 0 amide bonds. The fraction of sp³-hybridized carbons (Fsp3) is 0.400. The maximum Gasteiger partial charge on any atom is 0.161 e. The van der Waals surface area contributed by atoms with Crippen LogP contribution in [0.4, 0.5) is 0 Å². The summed E-state index contributed by atoms with van der Waals surface area (Å²) >= 11 is 0. The lowest BCUT2D eigenvalue weighted by molar-refractivity contribution is 0.303. The monoisotopic (exact) mass is 311 g/mol. The zero-order valence-electron chi connectivity index (χ0n) is 14.3. The molecule has 1 N–H and O–H groups in total. The first-order chi connectivity index (χ1) is 11.0. The zero-order valence-corrected chi connectivity index (χ0v) is 14.3. The van der Waals surface area contributed by atoms with Crippen molar-refractivity contribution < 1.29 is 9.47 Å². The Labute approximate surface area is 138 Å². The van der Waals surface area contributed by atoms with Gasteiger partial charge in [-0.3, -0.25) is 0 Å². The van der Waals surface area contributed by atoms with Crippen molar-refractivity contribution in [3.05, 3.63) is 59.2 Å². The summed E-state index contributed by atoms with van der Waals surface area (Å²) < 4.78 is 11.0. The Balaban J connectivity index is 2.01. The molecule has 0 saturated carbocycles. The molecule has 1 aliphatic heterocycles. The number of fused-ring (bicyclic) bond motifs is 1. The van der Waals surface area contributed by atoms with Crippen LogP contribution in [-0.4, -0.2) is 19.8 Å². The predicted molar refractivity (Wildman–Crippen MR) is 93.4 cm³/mol. The Morgan fingerprint density at radius 2 is 1.70 bits per heavy atom. The summed E-state index contributed by atoms with van der Waals surface area (Å²) in [5, 5.41) is 3.79. The molecule has 3 nitrogen and oxygen atoms in total. The highest BCUT2D eigenvalue weighted by molar-refractivity contribution is 5.50. The van der Waals surface area contributed by atoms with E-state index in [1.54, 1.807) is 14.2 Å². The largest absolute Gasteiger partial charge is 0.493 e. The molecule has 1 heterocycles. The van der Waals surface area contributed by atoms with Crippen LogP contribution in [0.5, 0.6) is 11.5 Å². The third kappa shape index (κ3) is 3.35. The summed E-state index contributed by atoms with van der Waals surface area (Å²) in [7, 11) is 3.38. The molecular formula is C20H25NO2. The molecule has 0 bridgehead atoms. The van der Waals surface area contributed by atoms with Crippen molar-refractivity contribution in [3.63, 3.8) is 0 Å². The van der Waals surface area contributed by atoms with E-state index in [0.717, 1.165) is 24.3 Å². The van der Waals surface area contributed by atoms with E-state index in [0.29, 0.717) is 0 Å².